The zero-order valence-corrected chi connectivity index (χ0v) is 18.4. The molecule has 0 bridgehead atoms. The van der Waals surface area contributed by atoms with Crippen molar-refractivity contribution < 1.29 is 19.1 Å². The molecule has 1 fully saturated rings. The van der Waals surface area contributed by atoms with Crippen molar-refractivity contribution in [2.24, 2.45) is 11.8 Å². The summed E-state index contributed by atoms with van der Waals surface area (Å²) in [5.74, 6) is 0.400. The van der Waals surface area contributed by atoms with Gasteiger partial charge in [0.2, 0.25) is 0 Å². The minimum Gasteiger partial charge on any atom is -0.426 e. The highest BCUT2D eigenvalue weighted by molar-refractivity contribution is 6.33. The predicted octanol–water partition coefficient (Wildman–Crippen LogP) is 6.33. The second kappa shape index (κ2) is 11.0. The van der Waals surface area contributed by atoms with Crippen LogP contribution in [0.3, 0.4) is 0 Å². The molecule has 31 heavy (non-hydrogen) atoms. The SMILES string of the molecule is CCCCC1CCC(C(=O)Oc2ccc(C(=O)Oc3ccc(C#N)cc3)c(Cl)c2)CC1. The van der Waals surface area contributed by atoms with Gasteiger partial charge in [0.25, 0.3) is 0 Å². The summed E-state index contributed by atoms with van der Waals surface area (Å²) in [5, 5.41) is 8.97. The quantitative estimate of drug-likeness (QED) is 0.372. The van der Waals surface area contributed by atoms with Crippen molar-refractivity contribution >= 4 is 23.5 Å². The van der Waals surface area contributed by atoms with Gasteiger partial charge in [0.1, 0.15) is 11.5 Å². The van der Waals surface area contributed by atoms with Crippen molar-refractivity contribution in [3.05, 3.63) is 58.6 Å². The molecule has 0 unspecified atom stereocenters. The van der Waals surface area contributed by atoms with Gasteiger partial charge in [-0.2, -0.15) is 5.26 Å². The van der Waals surface area contributed by atoms with Crippen LogP contribution in [0.15, 0.2) is 42.5 Å². The Morgan fingerprint density at radius 1 is 1.03 bits per heavy atom. The third-order valence-electron chi connectivity index (χ3n) is 5.72. The number of ether oxygens (including phenoxy) is 2. The lowest BCUT2D eigenvalue weighted by Gasteiger charge is -2.27. The van der Waals surface area contributed by atoms with Crippen LogP contribution in [0.4, 0.5) is 0 Å². The molecule has 0 aliphatic heterocycles. The van der Waals surface area contributed by atoms with Crippen LogP contribution in [-0.2, 0) is 4.79 Å². The molecule has 0 aromatic heterocycles. The van der Waals surface area contributed by atoms with Gasteiger partial charge in [0.05, 0.1) is 28.1 Å². The second-order valence-corrected chi connectivity index (χ2v) is 8.36. The van der Waals surface area contributed by atoms with Gasteiger partial charge >= 0.3 is 11.9 Å². The van der Waals surface area contributed by atoms with Crippen LogP contribution >= 0.6 is 11.6 Å². The number of nitrogens with zero attached hydrogens (tertiary/aromatic N) is 1. The lowest BCUT2D eigenvalue weighted by atomic mass is 9.80. The Hall–Kier alpha value is -2.84. The average Bonchev–Trinajstić information content (AvgIpc) is 2.78. The molecule has 3 rings (SSSR count). The number of carbonyl (C=O) groups is 2. The summed E-state index contributed by atoms with van der Waals surface area (Å²) in [6.45, 7) is 2.20. The lowest BCUT2D eigenvalue weighted by Crippen LogP contribution is -2.25. The molecule has 0 heterocycles. The van der Waals surface area contributed by atoms with E-state index in [0.717, 1.165) is 31.6 Å². The van der Waals surface area contributed by atoms with Crippen molar-refractivity contribution in [2.75, 3.05) is 0 Å². The van der Waals surface area contributed by atoms with E-state index < -0.39 is 5.97 Å². The molecule has 0 N–H and O–H groups in total. The highest BCUT2D eigenvalue weighted by Gasteiger charge is 2.27. The topological polar surface area (TPSA) is 76.4 Å². The van der Waals surface area contributed by atoms with Gasteiger partial charge < -0.3 is 9.47 Å². The number of esters is 2. The lowest BCUT2D eigenvalue weighted by molar-refractivity contribution is -0.140. The number of carbonyl (C=O) groups excluding carboxylic acids is 2. The highest BCUT2D eigenvalue weighted by atomic mass is 35.5. The van der Waals surface area contributed by atoms with Crippen molar-refractivity contribution in [1.82, 2.24) is 0 Å². The number of unbranched alkanes of at least 4 members (excludes halogenated alkanes) is 1. The third-order valence-corrected chi connectivity index (χ3v) is 6.03. The fraction of sp³-hybridized carbons (Fsp3) is 0.400. The van der Waals surface area contributed by atoms with Crippen molar-refractivity contribution in [3.8, 4) is 17.6 Å². The molecule has 0 atom stereocenters. The highest BCUT2D eigenvalue weighted by Crippen LogP contribution is 2.33. The summed E-state index contributed by atoms with van der Waals surface area (Å²) in [7, 11) is 0. The number of nitriles is 1. The number of halogens is 1. The van der Waals surface area contributed by atoms with Gasteiger partial charge in [-0.3, -0.25) is 4.79 Å². The Kier molecular flexibility index (Phi) is 8.08. The van der Waals surface area contributed by atoms with Gasteiger partial charge in [0.15, 0.2) is 0 Å². The van der Waals surface area contributed by atoms with E-state index in [4.69, 9.17) is 26.3 Å². The fourth-order valence-corrected chi connectivity index (χ4v) is 4.11. The van der Waals surface area contributed by atoms with Crippen molar-refractivity contribution in [2.45, 2.75) is 51.9 Å². The van der Waals surface area contributed by atoms with E-state index in [1.807, 2.05) is 6.07 Å². The average molecular weight is 440 g/mol. The number of benzene rings is 2. The largest absolute Gasteiger partial charge is 0.426 e. The van der Waals surface area contributed by atoms with Crippen LogP contribution in [0, 0.1) is 23.2 Å². The summed E-state index contributed by atoms with van der Waals surface area (Å²) in [6, 6.07) is 12.7. The molecule has 0 saturated heterocycles. The van der Waals surface area contributed by atoms with Crippen molar-refractivity contribution in [1.29, 1.82) is 5.26 Å². The minimum atomic E-state index is -0.627. The van der Waals surface area contributed by atoms with Crippen LogP contribution < -0.4 is 9.47 Å². The van der Waals surface area contributed by atoms with Gasteiger partial charge in [-0.25, -0.2) is 4.79 Å². The number of hydrogen-bond donors (Lipinski definition) is 0. The zero-order chi connectivity index (χ0) is 22.2. The Morgan fingerprint density at radius 2 is 1.71 bits per heavy atom. The molecule has 2 aromatic rings. The van der Waals surface area contributed by atoms with Crippen LogP contribution in [-0.4, -0.2) is 11.9 Å². The standard InChI is InChI=1S/C25H26ClNO4/c1-2-3-4-17-5-9-19(10-6-17)24(28)31-21-13-14-22(23(26)15-21)25(29)30-20-11-7-18(16-27)8-12-20/h7-8,11-15,17,19H,2-6,9-10H2,1H3. The Bertz CT molecular complexity index is 956. The van der Waals surface area contributed by atoms with E-state index in [9.17, 15) is 9.59 Å². The third kappa shape index (κ3) is 6.32. The normalized spacial score (nSPS) is 18.1. The van der Waals surface area contributed by atoms with Crippen LogP contribution in [0.5, 0.6) is 11.5 Å². The van der Waals surface area contributed by atoms with E-state index in [0.29, 0.717) is 17.1 Å². The van der Waals surface area contributed by atoms with Gasteiger partial charge in [0, 0.05) is 6.07 Å². The number of rotatable bonds is 7. The maximum atomic E-state index is 12.5. The summed E-state index contributed by atoms with van der Waals surface area (Å²) in [6.07, 6.45) is 7.55. The Labute approximate surface area is 187 Å². The predicted molar refractivity (Wildman–Crippen MR) is 118 cm³/mol. The molecule has 5 nitrogen and oxygen atoms in total. The minimum absolute atomic E-state index is 0.0855. The molecule has 162 valence electrons. The van der Waals surface area contributed by atoms with Crippen LogP contribution in [0.2, 0.25) is 5.02 Å². The first-order valence-electron chi connectivity index (χ1n) is 10.7. The van der Waals surface area contributed by atoms with Gasteiger partial charge in [-0.05, 0) is 68.0 Å². The zero-order valence-electron chi connectivity index (χ0n) is 17.6. The molecule has 1 saturated carbocycles. The molecule has 0 radical (unpaired) electrons. The Balaban J connectivity index is 1.55. The molecule has 6 heteroatoms. The molecular weight excluding hydrogens is 414 g/mol. The van der Waals surface area contributed by atoms with E-state index in [2.05, 4.69) is 6.92 Å². The summed E-state index contributed by atoms with van der Waals surface area (Å²) in [4.78, 5) is 24.9. The maximum absolute atomic E-state index is 12.5. The second-order valence-electron chi connectivity index (χ2n) is 7.95. The van der Waals surface area contributed by atoms with E-state index >= 15 is 0 Å². The summed E-state index contributed by atoms with van der Waals surface area (Å²) >= 11 is 6.24. The molecule has 1 aliphatic rings. The monoisotopic (exact) mass is 439 g/mol. The van der Waals surface area contributed by atoms with Gasteiger partial charge in [-0.1, -0.05) is 37.8 Å². The van der Waals surface area contributed by atoms with E-state index in [1.165, 1.54) is 43.5 Å². The van der Waals surface area contributed by atoms with E-state index in [-0.39, 0.29) is 22.5 Å². The molecule has 0 amide bonds. The molecule has 1 aliphatic carbocycles. The molecular formula is C25H26ClNO4. The fourth-order valence-electron chi connectivity index (χ4n) is 3.86. The first-order valence-corrected chi connectivity index (χ1v) is 11.1. The number of hydrogen-bond acceptors (Lipinski definition) is 5. The Morgan fingerprint density at radius 3 is 2.32 bits per heavy atom. The van der Waals surface area contributed by atoms with Gasteiger partial charge in [-0.15, -0.1) is 0 Å². The van der Waals surface area contributed by atoms with Crippen LogP contribution in [0.25, 0.3) is 0 Å². The first kappa shape index (κ1) is 22.8. The first-order chi connectivity index (χ1) is 15.0. The van der Waals surface area contributed by atoms with Crippen LogP contribution in [0.1, 0.15) is 67.8 Å². The van der Waals surface area contributed by atoms with Crippen molar-refractivity contribution in [3.63, 3.8) is 0 Å². The summed E-state index contributed by atoms with van der Waals surface area (Å²) in [5.41, 5.74) is 0.640. The molecule has 0 spiro atoms. The smallest absolute Gasteiger partial charge is 0.345 e. The maximum Gasteiger partial charge on any atom is 0.345 e. The van der Waals surface area contributed by atoms with E-state index in [1.54, 1.807) is 18.2 Å². The molecule has 2 aromatic carbocycles. The summed E-state index contributed by atoms with van der Waals surface area (Å²) < 4.78 is 10.8.